The maximum absolute atomic E-state index is 5.55. The summed E-state index contributed by atoms with van der Waals surface area (Å²) in [6.07, 6.45) is 2.51. The minimum Gasteiger partial charge on any atom is -0.491 e. The third kappa shape index (κ3) is 3.83. The molecule has 1 aliphatic rings. The normalized spacial score (nSPS) is 19.9. The maximum atomic E-state index is 5.55. The molecular weight excluding hydrogens is 202 g/mol. The van der Waals surface area contributed by atoms with Gasteiger partial charge in [-0.05, 0) is 31.5 Å². The van der Waals surface area contributed by atoms with Gasteiger partial charge in [0.15, 0.2) is 0 Å². The zero-order valence-electron chi connectivity index (χ0n) is 9.52. The molecule has 1 aromatic rings. The first kappa shape index (κ1) is 11.4. The standard InChI is InChI=1S/C13H19NO2/c1-2-6-13(7-3-1)16-10-9-15-11-12-5-4-8-14-12/h1-3,6-7,12,14H,4-5,8-11H2/t12-/m0/s1. The first-order valence-corrected chi connectivity index (χ1v) is 5.94. The summed E-state index contributed by atoms with van der Waals surface area (Å²) in [6, 6.07) is 10.4. The van der Waals surface area contributed by atoms with Crippen LogP contribution in [-0.2, 0) is 4.74 Å². The van der Waals surface area contributed by atoms with Gasteiger partial charge in [0, 0.05) is 6.04 Å². The van der Waals surface area contributed by atoms with Crippen molar-refractivity contribution < 1.29 is 9.47 Å². The molecule has 1 atom stereocenters. The number of benzene rings is 1. The number of para-hydroxylation sites is 1. The van der Waals surface area contributed by atoms with Crippen molar-refractivity contribution in [2.24, 2.45) is 0 Å². The molecular formula is C13H19NO2. The molecule has 16 heavy (non-hydrogen) atoms. The van der Waals surface area contributed by atoms with E-state index in [0.29, 0.717) is 19.3 Å². The molecule has 3 heteroatoms. The van der Waals surface area contributed by atoms with Crippen LogP contribution in [0.25, 0.3) is 0 Å². The fraction of sp³-hybridized carbons (Fsp3) is 0.538. The average molecular weight is 221 g/mol. The molecule has 1 aromatic carbocycles. The summed E-state index contributed by atoms with van der Waals surface area (Å²) < 4.78 is 11.1. The quantitative estimate of drug-likeness (QED) is 0.743. The van der Waals surface area contributed by atoms with Crippen molar-refractivity contribution in [2.45, 2.75) is 18.9 Å². The molecule has 1 fully saturated rings. The van der Waals surface area contributed by atoms with Crippen molar-refractivity contribution in [3.8, 4) is 5.75 Å². The van der Waals surface area contributed by atoms with Crippen LogP contribution in [0.5, 0.6) is 5.75 Å². The smallest absolute Gasteiger partial charge is 0.119 e. The van der Waals surface area contributed by atoms with Crippen molar-refractivity contribution in [1.29, 1.82) is 0 Å². The Kier molecular flexibility index (Phi) is 4.65. The first-order valence-electron chi connectivity index (χ1n) is 5.94. The summed E-state index contributed by atoms with van der Waals surface area (Å²) in [5.74, 6) is 0.907. The van der Waals surface area contributed by atoms with Crippen molar-refractivity contribution in [1.82, 2.24) is 5.32 Å². The SMILES string of the molecule is c1ccc(OCCOC[C@@H]2CCCN2)cc1. The molecule has 1 heterocycles. The Labute approximate surface area is 96.8 Å². The van der Waals surface area contributed by atoms with Crippen molar-refractivity contribution in [2.75, 3.05) is 26.4 Å². The molecule has 3 nitrogen and oxygen atoms in total. The molecule has 0 unspecified atom stereocenters. The van der Waals surface area contributed by atoms with E-state index in [9.17, 15) is 0 Å². The van der Waals surface area contributed by atoms with Crippen LogP contribution < -0.4 is 10.1 Å². The Morgan fingerprint density at radius 2 is 2.06 bits per heavy atom. The highest BCUT2D eigenvalue weighted by Crippen LogP contribution is 2.08. The van der Waals surface area contributed by atoms with Gasteiger partial charge >= 0.3 is 0 Å². The topological polar surface area (TPSA) is 30.5 Å². The Hall–Kier alpha value is -1.06. The molecule has 1 N–H and O–H groups in total. The number of nitrogens with one attached hydrogen (secondary N) is 1. The molecule has 0 spiro atoms. The van der Waals surface area contributed by atoms with Crippen LogP contribution in [0.2, 0.25) is 0 Å². The van der Waals surface area contributed by atoms with Crippen molar-refractivity contribution in [3.05, 3.63) is 30.3 Å². The fourth-order valence-corrected chi connectivity index (χ4v) is 1.86. The second-order valence-electron chi connectivity index (χ2n) is 4.03. The van der Waals surface area contributed by atoms with E-state index in [1.165, 1.54) is 12.8 Å². The maximum Gasteiger partial charge on any atom is 0.119 e. The molecule has 0 aromatic heterocycles. The molecule has 0 aliphatic carbocycles. The molecule has 0 radical (unpaired) electrons. The average Bonchev–Trinajstić information content (AvgIpc) is 2.83. The Morgan fingerprint density at radius 3 is 2.81 bits per heavy atom. The Balaban J connectivity index is 1.52. The number of ether oxygens (including phenoxy) is 2. The predicted octanol–water partition coefficient (Wildman–Crippen LogP) is 1.83. The minimum absolute atomic E-state index is 0.553. The monoisotopic (exact) mass is 221 g/mol. The van der Waals surface area contributed by atoms with E-state index in [0.717, 1.165) is 18.9 Å². The molecule has 0 amide bonds. The van der Waals surface area contributed by atoms with Crippen LogP contribution >= 0.6 is 0 Å². The van der Waals surface area contributed by atoms with Gasteiger partial charge in [-0.25, -0.2) is 0 Å². The second kappa shape index (κ2) is 6.51. The summed E-state index contributed by atoms with van der Waals surface area (Å²) in [5, 5.41) is 3.40. The highest BCUT2D eigenvalue weighted by atomic mass is 16.5. The van der Waals surface area contributed by atoms with E-state index in [4.69, 9.17) is 9.47 Å². The van der Waals surface area contributed by atoms with E-state index in [1.54, 1.807) is 0 Å². The number of hydrogen-bond acceptors (Lipinski definition) is 3. The van der Waals surface area contributed by atoms with Gasteiger partial charge in [0.05, 0.1) is 13.2 Å². The van der Waals surface area contributed by atoms with Crippen LogP contribution in [0.15, 0.2) is 30.3 Å². The van der Waals surface area contributed by atoms with Crippen molar-refractivity contribution in [3.63, 3.8) is 0 Å². The van der Waals surface area contributed by atoms with Gasteiger partial charge in [-0.2, -0.15) is 0 Å². The number of rotatable bonds is 6. The molecule has 2 rings (SSSR count). The molecule has 0 bridgehead atoms. The summed E-state index contributed by atoms with van der Waals surface area (Å²) in [7, 11) is 0. The van der Waals surface area contributed by atoms with Crippen molar-refractivity contribution >= 4 is 0 Å². The summed E-state index contributed by atoms with van der Waals surface area (Å²) in [4.78, 5) is 0. The largest absolute Gasteiger partial charge is 0.491 e. The van der Waals surface area contributed by atoms with E-state index < -0.39 is 0 Å². The number of hydrogen-bond donors (Lipinski definition) is 1. The van der Waals surface area contributed by atoms with Crippen LogP contribution in [0, 0.1) is 0 Å². The third-order valence-electron chi connectivity index (χ3n) is 2.72. The first-order chi connectivity index (χ1) is 7.95. The van der Waals surface area contributed by atoms with Gasteiger partial charge in [-0.15, -0.1) is 0 Å². The van der Waals surface area contributed by atoms with Gasteiger partial charge in [0.25, 0.3) is 0 Å². The molecule has 1 aliphatic heterocycles. The van der Waals surface area contributed by atoms with Gasteiger partial charge in [-0.3, -0.25) is 0 Å². The molecule has 1 saturated heterocycles. The molecule has 88 valence electrons. The highest BCUT2D eigenvalue weighted by Gasteiger charge is 2.13. The highest BCUT2D eigenvalue weighted by molar-refractivity contribution is 5.20. The summed E-state index contributed by atoms with van der Waals surface area (Å²) >= 11 is 0. The van der Waals surface area contributed by atoms with Gasteiger partial charge in [-0.1, -0.05) is 18.2 Å². The third-order valence-corrected chi connectivity index (χ3v) is 2.72. The zero-order chi connectivity index (χ0) is 11.1. The molecule has 0 saturated carbocycles. The lowest BCUT2D eigenvalue weighted by atomic mass is 10.2. The zero-order valence-corrected chi connectivity index (χ0v) is 9.52. The van der Waals surface area contributed by atoms with Gasteiger partial charge < -0.3 is 14.8 Å². The minimum atomic E-state index is 0.553. The van der Waals surface area contributed by atoms with E-state index in [2.05, 4.69) is 5.32 Å². The predicted molar refractivity (Wildman–Crippen MR) is 63.8 cm³/mol. The van der Waals surface area contributed by atoms with Crippen LogP contribution in [0.1, 0.15) is 12.8 Å². The fourth-order valence-electron chi connectivity index (χ4n) is 1.86. The van der Waals surface area contributed by atoms with Crippen LogP contribution in [-0.4, -0.2) is 32.4 Å². The van der Waals surface area contributed by atoms with Crippen LogP contribution in [0.4, 0.5) is 0 Å². The second-order valence-corrected chi connectivity index (χ2v) is 4.03. The lowest BCUT2D eigenvalue weighted by Crippen LogP contribution is -2.27. The van der Waals surface area contributed by atoms with E-state index >= 15 is 0 Å². The summed E-state index contributed by atoms with van der Waals surface area (Å²) in [6.45, 7) is 3.22. The van der Waals surface area contributed by atoms with E-state index in [1.807, 2.05) is 30.3 Å². The Bertz CT molecular complexity index is 283. The van der Waals surface area contributed by atoms with Gasteiger partial charge in [0.2, 0.25) is 0 Å². The summed E-state index contributed by atoms with van der Waals surface area (Å²) in [5.41, 5.74) is 0. The lowest BCUT2D eigenvalue weighted by molar-refractivity contribution is 0.0870. The van der Waals surface area contributed by atoms with E-state index in [-0.39, 0.29) is 0 Å². The van der Waals surface area contributed by atoms with Crippen LogP contribution in [0.3, 0.4) is 0 Å². The lowest BCUT2D eigenvalue weighted by Gasteiger charge is -2.11. The van der Waals surface area contributed by atoms with Gasteiger partial charge in [0.1, 0.15) is 12.4 Å². The Morgan fingerprint density at radius 1 is 1.19 bits per heavy atom.